The van der Waals surface area contributed by atoms with Gasteiger partial charge in [0.05, 0.1) is 5.02 Å². The van der Waals surface area contributed by atoms with Crippen molar-refractivity contribution in [3.63, 3.8) is 0 Å². The van der Waals surface area contributed by atoms with Gasteiger partial charge in [-0.1, -0.05) is 24.6 Å². The normalized spacial score (nSPS) is 14.3. The maximum absolute atomic E-state index is 13.3. The molecule has 0 amide bonds. The minimum absolute atomic E-state index is 0.0476. The maximum Gasteiger partial charge on any atom is 0.168 e. The quantitative estimate of drug-likeness (QED) is 0.787. The Bertz CT molecular complexity index is 434. The maximum atomic E-state index is 13.3. The molecule has 2 nitrogen and oxygen atoms in total. The van der Waals surface area contributed by atoms with E-state index in [1.807, 2.05) is 13.8 Å². The predicted octanol–water partition coefficient (Wildman–Crippen LogP) is 3.80. The van der Waals surface area contributed by atoms with Gasteiger partial charge in [-0.15, -0.1) is 0 Å². The summed E-state index contributed by atoms with van der Waals surface area (Å²) in [5, 5.41) is 0.0641. The topological polar surface area (TPSA) is 26.3 Å². The Balaban J connectivity index is 2.83. The van der Waals surface area contributed by atoms with Crippen molar-refractivity contribution in [1.29, 1.82) is 0 Å². The van der Waals surface area contributed by atoms with Crippen LogP contribution in [0.5, 0.6) is 0 Å². The van der Waals surface area contributed by atoms with Crippen LogP contribution in [0.15, 0.2) is 18.2 Å². The average Bonchev–Trinajstić information content (AvgIpc) is 2.34. The fraction of sp³-hybridized carbons (Fsp3) is 0.500. The van der Waals surface area contributed by atoms with Crippen LogP contribution in [0.4, 0.5) is 4.39 Å². The second-order valence-electron chi connectivity index (χ2n) is 4.37. The first-order chi connectivity index (χ1) is 8.42. The first-order valence-electron chi connectivity index (χ1n) is 6.04. The predicted molar refractivity (Wildman–Crippen MR) is 70.4 cm³/mol. The van der Waals surface area contributed by atoms with Gasteiger partial charge in [-0.25, -0.2) is 4.39 Å². The summed E-state index contributed by atoms with van der Waals surface area (Å²) in [7, 11) is 0. The van der Waals surface area contributed by atoms with Crippen molar-refractivity contribution < 1.29 is 13.9 Å². The fourth-order valence-corrected chi connectivity index (χ4v) is 1.84. The molecule has 0 N–H and O–H groups in total. The van der Waals surface area contributed by atoms with Crippen molar-refractivity contribution >= 4 is 17.4 Å². The summed E-state index contributed by atoms with van der Waals surface area (Å²) in [5.41, 5.74) is -0.188. The summed E-state index contributed by atoms with van der Waals surface area (Å²) in [6.07, 6.45) is 0.744. The molecule has 0 aliphatic heterocycles. The Morgan fingerprint density at radius 2 is 2.11 bits per heavy atom. The molecule has 0 aromatic heterocycles. The molecule has 0 fully saturated rings. The number of hydrogen-bond acceptors (Lipinski definition) is 2. The van der Waals surface area contributed by atoms with Gasteiger partial charge in [-0.2, -0.15) is 0 Å². The van der Waals surface area contributed by atoms with Gasteiger partial charge in [-0.3, -0.25) is 4.79 Å². The lowest BCUT2D eigenvalue weighted by Gasteiger charge is -2.26. The third-order valence-corrected chi connectivity index (χ3v) is 3.38. The number of hydrogen-bond donors (Lipinski definition) is 0. The van der Waals surface area contributed by atoms with E-state index in [9.17, 15) is 9.18 Å². The van der Waals surface area contributed by atoms with Gasteiger partial charge in [0.15, 0.2) is 5.78 Å². The van der Waals surface area contributed by atoms with E-state index in [0.29, 0.717) is 18.6 Å². The molecule has 0 radical (unpaired) electrons. The van der Waals surface area contributed by atoms with Crippen LogP contribution in [0.3, 0.4) is 0 Å². The molecule has 1 unspecified atom stereocenters. The molecule has 0 saturated carbocycles. The van der Waals surface area contributed by atoms with Crippen molar-refractivity contribution in [2.24, 2.45) is 0 Å². The van der Waals surface area contributed by atoms with Crippen LogP contribution < -0.4 is 0 Å². The molecule has 1 rings (SSSR count). The Hall–Kier alpha value is -0.930. The van der Waals surface area contributed by atoms with Crippen LogP contribution in [0.2, 0.25) is 5.02 Å². The summed E-state index contributed by atoms with van der Waals surface area (Å²) in [4.78, 5) is 12.2. The largest absolute Gasteiger partial charge is 0.368 e. The van der Waals surface area contributed by atoms with E-state index in [-0.39, 0.29) is 17.2 Å². The Morgan fingerprint density at radius 3 is 2.61 bits per heavy atom. The lowest BCUT2D eigenvalue weighted by Crippen LogP contribution is -2.39. The van der Waals surface area contributed by atoms with Gasteiger partial charge in [0, 0.05) is 13.0 Å². The van der Waals surface area contributed by atoms with E-state index in [4.69, 9.17) is 16.3 Å². The van der Waals surface area contributed by atoms with Gasteiger partial charge >= 0.3 is 0 Å². The molecule has 0 aliphatic rings. The van der Waals surface area contributed by atoms with Crippen molar-refractivity contribution in [2.75, 3.05) is 6.61 Å². The van der Waals surface area contributed by atoms with Crippen LogP contribution >= 0.6 is 11.6 Å². The van der Waals surface area contributed by atoms with Crippen molar-refractivity contribution in [1.82, 2.24) is 0 Å². The molecule has 1 aromatic rings. The smallest absolute Gasteiger partial charge is 0.168 e. The van der Waals surface area contributed by atoms with Gasteiger partial charge in [0.1, 0.15) is 11.4 Å². The minimum atomic E-state index is -0.801. The van der Waals surface area contributed by atoms with Gasteiger partial charge < -0.3 is 4.74 Å². The van der Waals surface area contributed by atoms with E-state index in [0.717, 1.165) is 0 Å². The number of rotatable bonds is 6. The Labute approximate surface area is 112 Å². The average molecular weight is 273 g/mol. The third kappa shape index (κ3) is 3.53. The second kappa shape index (κ2) is 6.30. The number of halogens is 2. The molecule has 18 heavy (non-hydrogen) atoms. The highest BCUT2D eigenvalue weighted by atomic mass is 35.5. The minimum Gasteiger partial charge on any atom is -0.368 e. The van der Waals surface area contributed by atoms with Crippen LogP contribution in [-0.4, -0.2) is 18.0 Å². The van der Waals surface area contributed by atoms with E-state index in [2.05, 4.69) is 0 Å². The van der Waals surface area contributed by atoms with E-state index in [1.54, 1.807) is 13.0 Å². The molecule has 100 valence electrons. The van der Waals surface area contributed by atoms with Gasteiger partial charge in [0.25, 0.3) is 0 Å². The monoisotopic (exact) mass is 272 g/mol. The van der Waals surface area contributed by atoms with Crippen molar-refractivity contribution in [2.45, 2.75) is 39.2 Å². The lowest BCUT2D eigenvalue weighted by molar-refractivity contribution is -0.141. The SMILES string of the molecule is CCOC(C)(CC)C(=O)Cc1ccc(Cl)c(F)c1. The first-order valence-corrected chi connectivity index (χ1v) is 6.42. The number of ether oxygens (including phenoxy) is 1. The molecule has 4 heteroatoms. The molecule has 0 bridgehead atoms. The highest BCUT2D eigenvalue weighted by Gasteiger charge is 2.31. The second-order valence-corrected chi connectivity index (χ2v) is 4.77. The fourth-order valence-electron chi connectivity index (χ4n) is 1.72. The summed E-state index contributed by atoms with van der Waals surface area (Å²) in [5.74, 6) is -0.551. The highest BCUT2D eigenvalue weighted by molar-refractivity contribution is 6.30. The molecule has 0 spiro atoms. The van der Waals surface area contributed by atoms with Crippen LogP contribution in [0, 0.1) is 5.82 Å². The van der Waals surface area contributed by atoms with Gasteiger partial charge in [-0.05, 0) is 38.0 Å². The summed E-state index contributed by atoms with van der Waals surface area (Å²) >= 11 is 5.60. The summed E-state index contributed by atoms with van der Waals surface area (Å²) in [6.45, 7) is 6.00. The van der Waals surface area contributed by atoms with Crippen LogP contribution in [0.1, 0.15) is 32.8 Å². The molecule has 0 heterocycles. The van der Waals surface area contributed by atoms with Crippen molar-refractivity contribution in [3.05, 3.63) is 34.6 Å². The van der Waals surface area contributed by atoms with Crippen LogP contribution in [0.25, 0.3) is 0 Å². The van der Waals surface area contributed by atoms with Crippen molar-refractivity contribution in [3.8, 4) is 0 Å². The number of ketones is 1. The molecular formula is C14H18ClFO2. The molecular weight excluding hydrogens is 255 g/mol. The number of carbonyl (C=O) groups is 1. The summed E-state index contributed by atoms with van der Waals surface area (Å²) < 4.78 is 18.8. The lowest BCUT2D eigenvalue weighted by atomic mass is 9.92. The Morgan fingerprint density at radius 1 is 1.44 bits per heavy atom. The number of benzene rings is 1. The van der Waals surface area contributed by atoms with Gasteiger partial charge in [0.2, 0.25) is 0 Å². The number of Topliss-reactive ketones (excluding diaryl/α,β-unsaturated/α-hetero) is 1. The van der Waals surface area contributed by atoms with E-state index >= 15 is 0 Å². The van der Waals surface area contributed by atoms with E-state index < -0.39 is 11.4 Å². The summed E-state index contributed by atoms with van der Waals surface area (Å²) in [6, 6.07) is 4.41. The molecule has 0 aliphatic carbocycles. The zero-order valence-electron chi connectivity index (χ0n) is 10.9. The zero-order chi connectivity index (χ0) is 13.8. The van der Waals surface area contributed by atoms with Crippen LogP contribution in [-0.2, 0) is 16.0 Å². The standard InChI is InChI=1S/C14H18ClFO2/c1-4-14(3,18-5-2)13(17)9-10-6-7-11(15)12(16)8-10/h6-8H,4-5,9H2,1-3H3. The van der Waals surface area contributed by atoms with E-state index in [1.165, 1.54) is 12.1 Å². The Kier molecular flexibility index (Phi) is 5.29. The zero-order valence-corrected chi connectivity index (χ0v) is 11.7. The number of carbonyl (C=O) groups excluding carboxylic acids is 1. The third-order valence-electron chi connectivity index (χ3n) is 3.08. The molecule has 0 saturated heterocycles. The molecule has 1 atom stereocenters. The highest BCUT2D eigenvalue weighted by Crippen LogP contribution is 2.21. The molecule has 1 aromatic carbocycles. The first kappa shape index (κ1) is 15.1.